The van der Waals surface area contributed by atoms with Crippen molar-refractivity contribution in [2.45, 2.75) is 64.7 Å². The Balaban J connectivity index is 1.21. The maximum atomic E-state index is 11.6. The fourth-order valence-electron chi connectivity index (χ4n) is 5.24. The lowest BCUT2D eigenvalue weighted by Gasteiger charge is -2.22. The molecule has 39 heavy (non-hydrogen) atoms. The number of nitrogens with zero attached hydrogens (tertiary/aromatic N) is 1. The second kappa shape index (κ2) is 11.4. The van der Waals surface area contributed by atoms with Gasteiger partial charge in [0, 0.05) is 6.42 Å². The van der Waals surface area contributed by atoms with E-state index in [2.05, 4.69) is 43.1 Å². The lowest BCUT2D eigenvalue weighted by Crippen LogP contribution is -2.26. The SMILES string of the molecule is Cc1cc(OCCC2(O)CCCC2)ccc1-c1cccc(COc2ccc(Cn3oc(=O)[nH]c3=O)cc2)c1C. The summed E-state index contributed by atoms with van der Waals surface area (Å²) in [5.74, 6) is 0.750. The summed E-state index contributed by atoms with van der Waals surface area (Å²) in [5, 5.41) is 10.6. The van der Waals surface area contributed by atoms with Crippen molar-refractivity contribution in [2.24, 2.45) is 0 Å². The molecule has 0 amide bonds. The molecule has 0 atom stereocenters. The molecule has 1 heterocycles. The minimum absolute atomic E-state index is 0.157. The number of aromatic nitrogens is 2. The molecule has 0 saturated heterocycles. The molecule has 0 unspecified atom stereocenters. The number of ether oxygens (including phenoxy) is 2. The van der Waals surface area contributed by atoms with Gasteiger partial charge in [0.1, 0.15) is 18.1 Å². The monoisotopic (exact) mass is 530 g/mol. The van der Waals surface area contributed by atoms with Crippen LogP contribution in [0.3, 0.4) is 0 Å². The van der Waals surface area contributed by atoms with Crippen molar-refractivity contribution in [3.05, 3.63) is 104 Å². The van der Waals surface area contributed by atoms with Crippen LogP contribution < -0.4 is 20.9 Å². The molecule has 2 N–H and O–H groups in total. The van der Waals surface area contributed by atoms with E-state index in [4.69, 9.17) is 14.0 Å². The van der Waals surface area contributed by atoms with Crippen molar-refractivity contribution < 1.29 is 19.1 Å². The van der Waals surface area contributed by atoms with E-state index in [0.29, 0.717) is 25.4 Å². The highest BCUT2D eigenvalue weighted by atomic mass is 16.5. The van der Waals surface area contributed by atoms with E-state index >= 15 is 0 Å². The first kappa shape index (κ1) is 26.6. The summed E-state index contributed by atoms with van der Waals surface area (Å²) in [6, 6.07) is 19.7. The summed E-state index contributed by atoms with van der Waals surface area (Å²) in [5.41, 5.74) is 5.33. The van der Waals surface area contributed by atoms with Gasteiger partial charge in [-0.3, -0.25) is 0 Å². The van der Waals surface area contributed by atoms with Gasteiger partial charge in [0.25, 0.3) is 0 Å². The van der Waals surface area contributed by atoms with Gasteiger partial charge in [-0.05, 0) is 84.3 Å². The van der Waals surface area contributed by atoms with E-state index in [1.54, 1.807) is 0 Å². The molecule has 204 valence electrons. The lowest BCUT2D eigenvalue weighted by molar-refractivity contribution is 0.0257. The summed E-state index contributed by atoms with van der Waals surface area (Å²) in [7, 11) is 0. The Morgan fingerprint density at radius 1 is 0.949 bits per heavy atom. The van der Waals surface area contributed by atoms with Crippen molar-refractivity contribution in [3.8, 4) is 22.6 Å². The molecule has 1 aliphatic carbocycles. The molecule has 8 nitrogen and oxygen atoms in total. The van der Waals surface area contributed by atoms with Crippen molar-refractivity contribution in [1.82, 2.24) is 9.72 Å². The molecule has 1 aliphatic rings. The fourth-order valence-corrected chi connectivity index (χ4v) is 5.24. The van der Waals surface area contributed by atoms with Crippen molar-refractivity contribution in [3.63, 3.8) is 0 Å². The summed E-state index contributed by atoms with van der Waals surface area (Å²) in [6.07, 6.45) is 4.61. The number of aromatic amines is 1. The van der Waals surface area contributed by atoms with Gasteiger partial charge < -0.3 is 19.1 Å². The molecule has 1 saturated carbocycles. The third-order valence-electron chi connectivity index (χ3n) is 7.58. The second-order valence-corrected chi connectivity index (χ2v) is 10.4. The van der Waals surface area contributed by atoms with E-state index in [0.717, 1.165) is 69.6 Å². The Kier molecular flexibility index (Phi) is 7.74. The van der Waals surface area contributed by atoms with Gasteiger partial charge in [-0.25, -0.2) is 14.6 Å². The van der Waals surface area contributed by atoms with Crippen LogP contribution in [0.1, 0.15) is 54.4 Å². The molecule has 5 rings (SSSR count). The van der Waals surface area contributed by atoms with Crippen LogP contribution in [-0.2, 0) is 13.2 Å². The smallest absolute Gasteiger partial charge is 0.440 e. The standard InChI is InChI=1S/C31H34N2O6/c1-21-18-26(37-17-16-31(36)14-3-4-15-31)12-13-27(21)28-7-5-6-24(22(28)2)20-38-25-10-8-23(9-11-25)19-33-29(34)32-30(35)39-33/h5-13,18,36H,3-4,14-17,19-20H2,1-2H3,(H,32,34,35). The third-order valence-corrected chi connectivity index (χ3v) is 7.58. The van der Waals surface area contributed by atoms with Crippen molar-refractivity contribution >= 4 is 0 Å². The zero-order valence-corrected chi connectivity index (χ0v) is 22.4. The van der Waals surface area contributed by atoms with Crippen molar-refractivity contribution in [1.29, 1.82) is 0 Å². The van der Waals surface area contributed by atoms with Gasteiger partial charge in [0.05, 0.1) is 18.8 Å². The van der Waals surface area contributed by atoms with Gasteiger partial charge in [0.15, 0.2) is 0 Å². The Bertz CT molecular complexity index is 1540. The first-order valence-electron chi connectivity index (χ1n) is 13.4. The normalized spacial score (nSPS) is 14.4. The molecule has 4 aromatic rings. The maximum absolute atomic E-state index is 11.6. The predicted molar refractivity (Wildman–Crippen MR) is 148 cm³/mol. The number of hydrogen-bond acceptors (Lipinski definition) is 6. The third kappa shape index (κ3) is 6.34. The van der Waals surface area contributed by atoms with Crippen molar-refractivity contribution in [2.75, 3.05) is 6.61 Å². The van der Waals surface area contributed by atoms with Crippen LogP contribution in [0.2, 0.25) is 0 Å². The highest BCUT2D eigenvalue weighted by Gasteiger charge is 2.30. The van der Waals surface area contributed by atoms with Gasteiger partial charge in [-0.1, -0.05) is 49.2 Å². The second-order valence-electron chi connectivity index (χ2n) is 10.4. The lowest BCUT2D eigenvalue weighted by atomic mass is 9.93. The molecule has 0 spiro atoms. The quantitative estimate of drug-likeness (QED) is 0.295. The zero-order valence-electron chi connectivity index (χ0n) is 22.4. The van der Waals surface area contributed by atoms with Crippen LogP contribution in [0.15, 0.2) is 74.8 Å². The largest absolute Gasteiger partial charge is 0.493 e. The first-order valence-corrected chi connectivity index (χ1v) is 13.4. The summed E-state index contributed by atoms with van der Waals surface area (Å²) < 4.78 is 17.8. The number of hydrogen-bond donors (Lipinski definition) is 2. The number of nitrogens with one attached hydrogen (secondary N) is 1. The minimum Gasteiger partial charge on any atom is -0.493 e. The van der Waals surface area contributed by atoms with E-state index in [9.17, 15) is 14.7 Å². The average Bonchev–Trinajstić information content (AvgIpc) is 3.48. The molecule has 0 radical (unpaired) electrons. The van der Waals surface area contributed by atoms with Gasteiger partial charge in [-0.2, -0.15) is 0 Å². The molecular formula is C31H34N2O6. The predicted octanol–water partition coefficient (Wildman–Crippen LogP) is 5.11. The van der Waals surface area contributed by atoms with Crippen LogP contribution in [-0.4, -0.2) is 27.0 Å². The zero-order chi connectivity index (χ0) is 27.4. The topological polar surface area (TPSA) is 107 Å². The number of rotatable bonds is 10. The van der Waals surface area contributed by atoms with Crippen LogP contribution in [0.5, 0.6) is 11.5 Å². The van der Waals surface area contributed by atoms with Gasteiger partial charge in [0.2, 0.25) is 0 Å². The van der Waals surface area contributed by atoms with Crippen LogP contribution >= 0.6 is 0 Å². The summed E-state index contributed by atoms with van der Waals surface area (Å²) >= 11 is 0. The van der Waals surface area contributed by atoms with E-state index in [1.807, 2.05) is 36.4 Å². The van der Waals surface area contributed by atoms with Gasteiger partial charge >= 0.3 is 11.4 Å². The maximum Gasteiger partial charge on any atom is 0.440 e. The average molecular weight is 531 g/mol. The van der Waals surface area contributed by atoms with Crippen LogP contribution in [0, 0.1) is 13.8 Å². The summed E-state index contributed by atoms with van der Waals surface area (Å²) in [6.45, 7) is 5.27. The molecule has 0 bridgehead atoms. The van der Waals surface area contributed by atoms with E-state index in [1.165, 1.54) is 0 Å². The number of aryl methyl sites for hydroxylation is 1. The fraction of sp³-hybridized carbons (Fsp3) is 0.355. The number of aliphatic hydroxyl groups is 1. The van der Waals surface area contributed by atoms with Gasteiger partial charge in [-0.15, -0.1) is 4.74 Å². The molecule has 1 aromatic heterocycles. The highest BCUT2D eigenvalue weighted by Crippen LogP contribution is 2.34. The Morgan fingerprint density at radius 2 is 1.69 bits per heavy atom. The van der Waals surface area contributed by atoms with Crippen LogP contribution in [0.4, 0.5) is 0 Å². The Hall–Kier alpha value is -4.04. The summed E-state index contributed by atoms with van der Waals surface area (Å²) in [4.78, 5) is 24.9. The molecule has 0 aliphatic heterocycles. The number of benzene rings is 3. The molecule has 3 aromatic carbocycles. The molecule has 8 heteroatoms. The Labute approximate surface area is 226 Å². The molecule has 1 fully saturated rings. The highest BCUT2D eigenvalue weighted by molar-refractivity contribution is 5.72. The first-order chi connectivity index (χ1) is 18.8. The van der Waals surface area contributed by atoms with Crippen LogP contribution in [0.25, 0.3) is 11.1 Å². The number of H-pyrrole nitrogens is 1. The Morgan fingerprint density at radius 3 is 2.38 bits per heavy atom. The molecular weight excluding hydrogens is 496 g/mol. The minimum atomic E-state index is -0.771. The van der Waals surface area contributed by atoms with E-state index < -0.39 is 17.0 Å². The van der Waals surface area contributed by atoms with E-state index in [-0.39, 0.29) is 6.54 Å².